The largest absolute Gasteiger partial charge is 0.378 e. The number of H-pyrrole nitrogens is 1. The number of allylic oxidation sites excluding steroid dienone is 1. The average Bonchev–Trinajstić information content (AvgIpc) is 3.33. The van der Waals surface area contributed by atoms with E-state index in [-0.39, 0.29) is 0 Å². The minimum Gasteiger partial charge on any atom is -0.378 e. The lowest BCUT2D eigenvalue weighted by molar-refractivity contribution is 1.11. The topological polar surface area (TPSA) is 79.9 Å². The van der Waals surface area contributed by atoms with Crippen molar-refractivity contribution in [2.75, 3.05) is 0 Å². The molecule has 1 aromatic carbocycles. The molecule has 1 aliphatic rings. The molecule has 1 saturated carbocycles. The number of hydrogen-bond acceptors (Lipinski definition) is 4. The molecule has 0 spiro atoms. The molecule has 6 heteroatoms. The van der Waals surface area contributed by atoms with Crippen LogP contribution in [0.3, 0.4) is 0 Å². The van der Waals surface area contributed by atoms with Crippen LogP contribution < -0.4 is 5.73 Å². The Hall–Kier alpha value is -2.60. The second-order valence-corrected chi connectivity index (χ2v) is 6.91. The number of amidine groups is 1. The van der Waals surface area contributed by atoms with Crippen LogP contribution in [0.5, 0.6) is 0 Å². The van der Waals surface area contributed by atoms with Gasteiger partial charge in [-0.15, -0.1) is 0 Å². The van der Waals surface area contributed by atoms with Gasteiger partial charge in [-0.2, -0.15) is 0 Å². The molecule has 0 unspecified atom stereocenters. The predicted molar refractivity (Wildman–Crippen MR) is 100 cm³/mol. The number of hydrogen-bond donors (Lipinski definition) is 2. The maximum atomic E-state index is 6.10. The van der Waals surface area contributed by atoms with E-state index in [0.717, 1.165) is 21.5 Å². The van der Waals surface area contributed by atoms with Crippen LogP contribution >= 0.6 is 11.8 Å². The summed E-state index contributed by atoms with van der Waals surface area (Å²) in [7, 11) is 0. The number of nitrogens with one attached hydrogen (secondary N) is 1. The summed E-state index contributed by atoms with van der Waals surface area (Å²) in [6.07, 6.45) is 4.23. The Morgan fingerprint density at radius 2 is 2.00 bits per heavy atom. The fourth-order valence-electron chi connectivity index (χ4n) is 2.48. The van der Waals surface area contributed by atoms with E-state index in [1.54, 1.807) is 0 Å². The number of thioether (sulfide) groups is 1. The first kappa shape index (κ1) is 15.0. The third-order valence-corrected chi connectivity index (χ3v) is 4.80. The summed E-state index contributed by atoms with van der Waals surface area (Å²) >= 11 is 1.44. The highest BCUT2D eigenvalue weighted by Crippen LogP contribution is 2.41. The molecule has 1 fully saturated rings. The van der Waals surface area contributed by atoms with E-state index in [1.165, 1.54) is 24.6 Å². The Morgan fingerprint density at radius 1 is 1.21 bits per heavy atom. The molecule has 2 aromatic heterocycles. The van der Waals surface area contributed by atoms with E-state index >= 15 is 0 Å². The number of benzene rings is 1. The average molecular weight is 335 g/mol. The summed E-state index contributed by atoms with van der Waals surface area (Å²) in [6, 6.07) is 11.8. The lowest BCUT2D eigenvalue weighted by Gasteiger charge is -2.05. The van der Waals surface area contributed by atoms with Crippen LogP contribution in [-0.4, -0.2) is 20.1 Å². The number of aromatic nitrogens is 3. The molecule has 0 amide bonds. The quantitative estimate of drug-likeness (QED) is 0.552. The number of nitrogens with zero attached hydrogens (tertiary/aromatic N) is 3. The zero-order valence-corrected chi connectivity index (χ0v) is 13.9. The van der Waals surface area contributed by atoms with Crippen LogP contribution in [0.1, 0.15) is 12.8 Å². The summed E-state index contributed by atoms with van der Waals surface area (Å²) in [5, 5.41) is 0.459. The molecular weight excluding hydrogens is 318 g/mol. The van der Waals surface area contributed by atoms with Crippen molar-refractivity contribution in [2.45, 2.75) is 12.8 Å². The first-order valence-corrected chi connectivity index (χ1v) is 8.64. The van der Waals surface area contributed by atoms with Gasteiger partial charge in [-0.3, -0.25) is 0 Å². The number of rotatable bonds is 4. The van der Waals surface area contributed by atoms with Gasteiger partial charge in [-0.25, -0.2) is 15.0 Å². The van der Waals surface area contributed by atoms with Crippen molar-refractivity contribution >= 4 is 33.8 Å². The molecule has 2 heterocycles. The van der Waals surface area contributed by atoms with Gasteiger partial charge >= 0.3 is 0 Å². The number of aromatic amines is 1. The maximum absolute atomic E-state index is 6.10. The van der Waals surface area contributed by atoms with E-state index in [9.17, 15) is 0 Å². The molecule has 4 rings (SSSR count). The van der Waals surface area contributed by atoms with E-state index in [4.69, 9.17) is 5.73 Å². The van der Waals surface area contributed by atoms with Crippen molar-refractivity contribution in [3.05, 3.63) is 54.1 Å². The van der Waals surface area contributed by atoms with Crippen molar-refractivity contribution in [3.8, 4) is 11.4 Å². The summed E-state index contributed by atoms with van der Waals surface area (Å²) in [5.74, 6) is 1.78. The molecule has 120 valence electrons. The number of aliphatic imine (C=N–C) groups is 1. The van der Waals surface area contributed by atoms with Crippen LogP contribution in [0.25, 0.3) is 22.4 Å². The van der Waals surface area contributed by atoms with Gasteiger partial charge in [-0.1, -0.05) is 48.7 Å². The van der Waals surface area contributed by atoms with Crippen molar-refractivity contribution in [2.24, 2.45) is 16.6 Å². The molecule has 5 nitrogen and oxygen atoms in total. The zero-order chi connectivity index (χ0) is 16.5. The summed E-state index contributed by atoms with van der Waals surface area (Å²) < 4.78 is 0. The molecule has 0 atom stereocenters. The van der Waals surface area contributed by atoms with Crippen LogP contribution in [-0.2, 0) is 0 Å². The van der Waals surface area contributed by atoms with E-state index in [2.05, 4.69) is 26.5 Å². The van der Waals surface area contributed by atoms with Crippen LogP contribution in [0, 0.1) is 5.92 Å². The van der Waals surface area contributed by atoms with Crippen molar-refractivity contribution in [3.63, 3.8) is 0 Å². The summed E-state index contributed by atoms with van der Waals surface area (Å²) in [5.41, 5.74) is 8.66. The van der Waals surface area contributed by atoms with E-state index < -0.39 is 0 Å². The van der Waals surface area contributed by atoms with Gasteiger partial charge in [-0.05, 0) is 29.7 Å². The molecule has 0 radical (unpaired) electrons. The lowest BCUT2D eigenvalue weighted by atomic mass is 10.2. The first-order valence-electron chi connectivity index (χ1n) is 7.82. The second kappa shape index (κ2) is 6.13. The summed E-state index contributed by atoms with van der Waals surface area (Å²) in [6.45, 7) is 4.08. The van der Waals surface area contributed by atoms with Gasteiger partial charge in [0.05, 0.1) is 5.52 Å². The number of nitrogens with two attached hydrogens (primary N) is 1. The molecule has 3 aromatic rings. The van der Waals surface area contributed by atoms with Gasteiger partial charge < -0.3 is 10.7 Å². The molecule has 3 N–H and O–H groups in total. The van der Waals surface area contributed by atoms with Gasteiger partial charge in [0.2, 0.25) is 0 Å². The Bertz CT molecular complexity index is 925. The van der Waals surface area contributed by atoms with Gasteiger partial charge in [0, 0.05) is 11.8 Å². The fourth-order valence-corrected chi connectivity index (χ4v) is 3.28. The number of fused-ring (bicyclic) bond motifs is 1. The fraction of sp³-hybridized carbons (Fsp3) is 0.167. The minimum absolute atomic E-state index is 0.459. The lowest BCUT2D eigenvalue weighted by Crippen LogP contribution is -2.07. The van der Waals surface area contributed by atoms with E-state index in [1.807, 2.05) is 42.6 Å². The second-order valence-electron chi connectivity index (χ2n) is 5.77. The monoisotopic (exact) mass is 335 g/mol. The molecule has 0 saturated heterocycles. The molecular formula is C18H17N5S. The standard InChI is InChI=1S/C18H17N5S/c1-11(12-7-8-12)24-18(19)23-17-15-14(9-10-20-15)21-16(22-17)13-5-3-2-4-6-13/h2-6,9-10,12,20H,1,7-8H2,(H2,19,21,22,23). The zero-order valence-electron chi connectivity index (χ0n) is 13.1. The Kier molecular flexibility index (Phi) is 3.82. The molecule has 1 aliphatic carbocycles. The van der Waals surface area contributed by atoms with Crippen molar-refractivity contribution < 1.29 is 0 Å². The minimum atomic E-state index is 0.459. The Labute approximate surface area is 144 Å². The normalized spacial score (nSPS) is 14.9. The Morgan fingerprint density at radius 3 is 2.75 bits per heavy atom. The van der Waals surface area contributed by atoms with Crippen LogP contribution in [0.15, 0.2) is 59.1 Å². The van der Waals surface area contributed by atoms with Crippen LogP contribution in [0.2, 0.25) is 0 Å². The highest BCUT2D eigenvalue weighted by molar-refractivity contribution is 8.17. The predicted octanol–water partition coefficient (Wildman–Crippen LogP) is 4.23. The Balaban J connectivity index is 1.73. The van der Waals surface area contributed by atoms with Crippen LogP contribution in [0.4, 0.5) is 5.82 Å². The van der Waals surface area contributed by atoms with Gasteiger partial charge in [0.25, 0.3) is 0 Å². The highest BCUT2D eigenvalue weighted by Gasteiger charge is 2.25. The van der Waals surface area contributed by atoms with Gasteiger partial charge in [0.1, 0.15) is 5.52 Å². The molecule has 24 heavy (non-hydrogen) atoms. The molecule has 0 bridgehead atoms. The van der Waals surface area contributed by atoms with Crippen molar-refractivity contribution in [1.82, 2.24) is 15.0 Å². The summed E-state index contributed by atoms with van der Waals surface area (Å²) in [4.78, 5) is 17.9. The highest BCUT2D eigenvalue weighted by atomic mass is 32.2. The smallest absolute Gasteiger partial charge is 0.182 e. The molecule has 0 aliphatic heterocycles. The third kappa shape index (κ3) is 3.05. The first-order chi connectivity index (χ1) is 11.7. The van der Waals surface area contributed by atoms with Gasteiger partial charge in [0.15, 0.2) is 16.8 Å². The SMILES string of the molecule is C=C(SC(N)=Nc1nc(-c2ccccc2)nc2cc[nH]c12)C1CC1. The van der Waals surface area contributed by atoms with Crippen molar-refractivity contribution in [1.29, 1.82) is 0 Å². The van der Waals surface area contributed by atoms with E-state index in [0.29, 0.717) is 22.7 Å². The third-order valence-electron chi connectivity index (χ3n) is 3.90. The maximum Gasteiger partial charge on any atom is 0.182 e.